The van der Waals surface area contributed by atoms with Crippen molar-refractivity contribution in [2.45, 2.75) is 152 Å². The predicted molar refractivity (Wildman–Crippen MR) is 440 cm³/mol. The molecule has 574 valence electrons. The van der Waals surface area contributed by atoms with Gasteiger partial charge in [-0.2, -0.15) is 19.9 Å². The number of aromatic nitrogens is 16. The number of aliphatic hydroxyl groups is 1. The molecule has 26 heteroatoms. The Morgan fingerprint density at radius 1 is 0.327 bits per heavy atom. The predicted octanol–water partition coefficient (Wildman–Crippen LogP) is 10.3. The van der Waals surface area contributed by atoms with E-state index < -0.39 is 51.1 Å². The van der Waals surface area contributed by atoms with Gasteiger partial charge in [0.25, 0.3) is 22.2 Å². The van der Waals surface area contributed by atoms with Crippen LogP contribution in [-0.4, -0.2) is 95.3 Å². The number of rotatable bonds is 18. The minimum atomic E-state index is -0.728. The minimum absolute atomic E-state index is 0.0854. The van der Waals surface area contributed by atoms with E-state index in [1.165, 1.54) is 16.7 Å². The Morgan fingerprint density at radius 3 is 1.04 bits per heavy atom. The minimum Gasteiger partial charge on any atom is -0.391 e. The van der Waals surface area contributed by atoms with Crippen LogP contribution in [0.25, 0.3) is 90.2 Å². The Bertz CT molecular complexity index is 6390. The van der Waals surface area contributed by atoms with E-state index in [4.69, 9.17) is 5.73 Å². The van der Waals surface area contributed by atoms with Crippen LogP contribution in [0, 0.1) is 62.3 Å². The van der Waals surface area contributed by atoms with Crippen LogP contribution in [0.15, 0.2) is 202 Å². The van der Waals surface area contributed by atoms with Gasteiger partial charge >= 0.3 is 22.8 Å². The molecule has 0 spiro atoms. The molecule has 0 saturated heterocycles. The van der Waals surface area contributed by atoms with Crippen molar-refractivity contribution in [3.8, 4) is 46.1 Å². The number of nitrogens with one attached hydrogen (secondary N) is 4. The summed E-state index contributed by atoms with van der Waals surface area (Å²) in [6.45, 7) is 20.1. The molecule has 16 rings (SSSR count). The first kappa shape index (κ1) is 77.9. The van der Waals surface area contributed by atoms with Crippen molar-refractivity contribution in [1.29, 1.82) is 0 Å². The molecule has 8 aromatic carbocycles. The van der Waals surface area contributed by atoms with Crippen LogP contribution < -0.4 is 50.7 Å². The molecule has 0 saturated carbocycles. The Morgan fingerprint density at radius 2 is 0.646 bits per heavy atom. The highest BCUT2D eigenvalue weighted by molar-refractivity contribution is 5.84. The fourth-order valence-electron chi connectivity index (χ4n) is 14.1. The van der Waals surface area contributed by atoms with Crippen molar-refractivity contribution < 1.29 is 5.11 Å². The molecule has 0 amide bonds. The second kappa shape index (κ2) is 34.0. The lowest BCUT2D eigenvalue weighted by Gasteiger charge is -2.21. The molecule has 26 nitrogen and oxygen atoms in total. The van der Waals surface area contributed by atoms with Gasteiger partial charge in [0.15, 0.2) is 46.1 Å². The van der Waals surface area contributed by atoms with E-state index in [0.29, 0.717) is 55.2 Å². The average molecular weight is 1510 g/mol. The average Bonchev–Trinajstić information content (AvgIpc) is 0.773. The second-order valence-electron chi connectivity index (χ2n) is 29.0. The summed E-state index contributed by atoms with van der Waals surface area (Å²) < 4.78 is 7.49. The quantitative estimate of drug-likeness (QED) is 0.0343. The molecule has 2 atom stereocenters. The van der Waals surface area contributed by atoms with Gasteiger partial charge in [-0.15, -0.1) is 0 Å². The monoisotopic (exact) mass is 1510 g/mol. The number of aromatic amines is 4. The summed E-state index contributed by atoms with van der Waals surface area (Å²) >= 11 is 0. The number of hydrogen-bond acceptors (Lipinski definition) is 18. The van der Waals surface area contributed by atoms with Gasteiger partial charge in [-0.25, -0.2) is 39.1 Å². The smallest absolute Gasteiger partial charge is 0.349 e. The number of benzene rings is 8. The van der Waals surface area contributed by atoms with E-state index in [-0.39, 0.29) is 47.0 Å². The summed E-state index contributed by atoms with van der Waals surface area (Å²) in [4.78, 5) is 139. The van der Waals surface area contributed by atoms with Crippen LogP contribution in [0.5, 0.6) is 0 Å². The zero-order valence-corrected chi connectivity index (χ0v) is 64.4. The Labute approximate surface area is 647 Å². The van der Waals surface area contributed by atoms with E-state index >= 15 is 0 Å². The fraction of sp³-hybridized carbons (Fsp3) is 0.264. The number of aliphatic hydroxyl groups excluding tert-OH is 1. The van der Waals surface area contributed by atoms with E-state index in [1.807, 2.05) is 172 Å². The number of hydrogen-bond donors (Lipinski definition) is 6. The molecule has 0 bridgehead atoms. The second-order valence-corrected chi connectivity index (χ2v) is 29.0. The highest BCUT2D eigenvalue weighted by atomic mass is 16.3. The molecule has 8 heterocycles. The Balaban J connectivity index is 0.000000132. The third-order valence-electron chi connectivity index (χ3n) is 20.5. The van der Waals surface area contributed by atoms with Crippen molar-refractivity contribution in [2.75, 3.05) is 0 Å². The molecule has 0 aliphatic carbocycles. The molecule has 7 N–H and O–H groups in total. The third kappa shape index (κ3) is 18.0. The summed E-state index contributed by atoms with van der Waals surface area (Å²) in [5.74, 6) is 1.14. The lowest BCUT2D eigenvalue weighted by atomic mass is 10.1. The van der Waals surface area contributed by atoms with Crippen LogP contribution in [0.2, 0.25) is 0 Å². The van der Waals surface area contributed by atoms with Gasteiger partial charge < -0.3 is 29.1 Å². The van der Waals surface area contributed by atoms with Crippen LogP contribution in [0.4, 0.5) is 0 Å². The summed E-state index contributed by atoms with van der Waals surface area (Å²) in [5, 5.41) is 10.7. The maximum absolute atomic E-state index is 12.3. The number of nitrogens with zero attached hydrogens (tertiary/aromatic N) is 12. The molecule has 8 aliphatic heterocycles. The van der Waals surface area contributed by atoms with E-state index in [9.17, 15) is 43.5 Å². The maximum Gasteiger partial charge on any atom is 0.349 e. The number of H-pyrrole nitrogens is 4. The van der Waals surface area contributed by atoms with Crippen molar-refractivity contribution >= 4 is 44.1 Å². The number of fused-ring (bicyclic) bond motifs is 8. The first-order valence-corrected chi connectivity index (χ1v) is 37.6. The van der Waals surface area contributed by atoms with Crippen molar-refractivity contribution in [3.05, 3.63) is 319 Å². The van der Waals surface area contributed by atoms with Gasteiger partial charge in [-0.3, -0.25) is 39.1 Å². The van der Waals surface area contributed by atoms with E-state index in [2.05, 4.69) is 127 Å². The molecule has 8 aliphatic rings. The van der Waals surface area contributed by atoms with Gasteiger partial charge in [0.2, 0.25) is 0 Å². The molecular weight excluding hydrogens is 1430 g/mol. The first-order valence-electron chi connectivity index (χ1n) is 37.6. The van der Waals surface area contributed by atoms with Crippen LogP contribution >= 0.6 is 0 Å². The standard InChI is InChI=1S/C23H24N4O2.C22H22N4O2.C21H21N5O2.C21H20N4O3/c1-15-13-18-19(14-16(15)2)27(21-20(24-18)22(28)26-23(29)25-21)12-8-4-7-11-17-9-5-3-6-10-17;1-13-6-4-7-16(10-13)8-5-9-26-18-12-15(3)14(2)11-17(18)23-19-20(26)24-22(28)25-21(19)27;1-12-8-16-17(9-13(12)2)26(11-15(22)10-14-6-4-3-5-7-14)19-18(23-16)20(27)25-21(28)24-19;1-12-8-16-17(9-13(12)2)25(11-15(26)10-14-6-4-3-5-7-14)19-18(22-16)20(27)24-21(28)23-19/h3,5-6,9-10,13-14H,4,7-8,11-12H2,1-2H3,(H,26,28,29);4,6-7,10-12H,5,8-9H2,1-3H3,(H,25,27,28);3-9,15H,10-11,22H2,1-2H3,(H,25,27,28);3-9,15,26H,10-11H2,1-2H3,(H,24,27,28). The molecule has 2 unspecified atom stereocenters. The Hall–Kier alpha value is -13.2. The van der Waals surface area contributed by atoms with E-state index in [0.717, 1.165) is 127 Å². The number of unbranched alkanes of at least 4 members (excludes halogenated alkanes) is 2. The third-order valence-corrected chi connectivity index (χ3v) is 20.5. The molecular formula is C87H87N17O9. The molecule has 8 aromatic rings. The lowest BCUT2D eigenvalue weighted by molar-refractivity contribution is 0.156. The zero-order valence-electron chi connectivity index (χ0n) is 64.4. The normalized spacial score (nSPS) is 12.0. The van der Waals surface area contributed by atoms with E-state index in [1.54, 1.807) is 4.57 Å². The van der Waals surface area contributed by atoms with Crippen molar-refractivity contribution in [3.63, 3.8) is 0 Å². The largest absolute Gasteiger partial charge is 0.391 e. The van der Waals surface area contributed by atoms with Gasteiger partial charge in [0, 0.05) is 32.1 Å². The summed E-state index contributed by atoms with van der Waals surface area (Å²) in [5.41, 5.74) is 23.1. The van der Waals surface area contributed by atoms with Crippen LogP contribution in [0.1, 0.15) is 98.0 Å². The molecule has 113 heavy (non-hydrogen) atoms. The van der Waals surface area contributed by atoms with Gasteiger partial charge in [0.1, 0.15) is 0 Å². The van der Waals surface area contributed by atoms with Crippen LogP contribution in [-0.2, 0) is 51.9 Å². The van der Waals surface area contributed by atoms with Crippen molar-refractivity contribution in [2.24, 2.45) is 5.73 Å². The molecule has 0 radical (unpaired) electrons. The Kier molecular flexibility index (Phi) is 23.4. The summed E-state index contributed by atoms with van der Waals surface area (Å²) in [6, 6.07) is 54.2. The highest BCUT2D eigenvalue weighted by Crippen LogP contribution is 2.30. The van der Waals surface area contributed by atoms with Crippen molar-refractivity contribution in [1.82, 2.24) is 78.1 Å². The molecule has 0 aromatic heterocycles. The van der Waals surface area contributed by atoms with Crippen LogP contribution in [0.3, 0.4) is 0 Å². The molecule has 0 fully saturated rings. The van der Waals surface area contributed by atoms with Gasteiger partial charge in [0.05, 0.1) is 56.8 Å². The summed E-state index contributed by atoms with van der Waals surface area (Å²) in [7, 11) is 0. The summed E-state index contributed by atoms with van der Waals surface area (Å²) in [6.07, 6.45) is 6.26. The number of aryl methyl sites for hydroxylation is 13. The highest BCUT2D eigenvalue weighted by Gasteiger charge is 2.26. The topological polar surface area (TPSA) is 369 Å². The van der Waals surface area contributed by atoms with Gasteiger partial charge in [-0.1, -0.05) is 127 Å². The lowest BCUT2D eigenvalue weighted by Crippen LogP contribution is -2.33. The first-order chi connectivity index (χ1) is 54.3. The SMILES string of the molecule is Cc1cc2nc3c(=O)[nH]c(=O)nc-3n(CC(N)Cc3ccccc3)c2cc1C.Cc1cc2nc3c(=O)[nH]c(=O)nc-3n(CC(O)Cc3ccccc3)c2cc1C.Cc1cc2nc3c(=O)[nH]c(=O)nc-3n(CCCCCc3ccccc3)c2cc1C.Cc1cccc(CCCn2c3nc(=O)[nH]c(=O)c-3nc3cc(C)c(C)cc32)c1. The fourth-order valence-corrected chi connectivity index (χ4v) is 14.1. The zero-order chi connectivity index (χ0) is 79.9. The maximum atomic E-state index is 12.3. The van der Waals surface area contributed by atoms with Gasteiger partial charge in [-0.05, 0) is 216 Å². The number of nitrogens with two attached hydrogens (primary N) is 1.